The lowest BCUT2D eigenvalue weighted by molar-refractivity contribution is -0.121. The van der Waals surface area contributed by atoms with E-state index >= 15 is 0 Å². The lowest BCUT2D eigenvalue weighted by atomic mass is 10.1. The standard InChI is InChI=1S/C22H30FN3O3S/c1-15-11-16(2)22(17(3)12-15)30(28,29)25-10-9-21(27)24-14-20(26(4)5)18-7-6-8-19(23)13-18/h6-8,11-13,20,25H,9-10,14H2,1-5H3,(H,24,27). The number of benzene rings is 2. The summed E-state index contributed by atoms with van der Waals surface area (Å²) in [5.41, 5.74) is 3.10. The summed E-state index contributed by atoms with van der Waals surface area (Å²) in [5.74, 6) is -0.611. The van der Waals surface area contributed by atoms with Gasteiger partial charge < -0.3 is 10.2 Å². The average molecular weight is 436 g/mol. The summed E-state index contributed by atoms with van der Waals surface area (Å²) >= 11 is 0. The molecule has 8 heteroatoms. The Kier molecular flexibility index (Phi) is 8.11. The zero-order valence-electron chi connectivity index (χ0n) is 18.1. The Morgan fingerprint density at radius 2 is 1.73 bits per heavy atom. The summed E-state index contributed by atoms with van der Waals surface area (Å²) in [7, 11) is -0.00780. The predicted molar refractivity (Wildman–Crippen MR) is 116 cm³/mol. The molecule has 0 radical (unpaired) electrons. The Bertz CT molecular complexity index is 983. The fraction of sp³-hybridized carbons (Fsp3) is 0.409. The van der Waals surface area contributed by atoms with Crippen molar-refractivity contribution < 1.29 is 17.6 Å². The van der Waals surface area contributed by atoms with Crippen LogP contribution in [0.1, 0.15) is 34.7 Å². The second kappa shape index (κ2) is 10.1. The summed E-state index contributed by atoms with van der Waals surface area (Å²) in [6.07, 6.45) is 0.00643. The van der Waals surface area contributed by atoms with E-state index < -0.39 is 10.0 Å². The molecule has 2 aromatic carbocycles. The van der Waals surface area contributed by atoms with E-state index in [1.165, 1.54) is 12.1 Å². The average Bonchev–Trinajstić information content (AvgIpc) is 2.60. The molecular weight excluding hydrogens is 405 g/mol. The Morgan fingerprint density at radius 1 is 1.10 bits per heavy atom. The molecule has 6 nitrogen and oxygen atoms in total. The number of amides is 1. The third-order valence-electron chi connectivity index (χ3n) is 4.87. The zero-order valence-corrected chi connectivity index (χ0v) is 18.9. The molecule has 1 unspecified atom stereocenters. The van der Waals surface area contributed by atoms with Crippen LogP contribution in [0.5, 0.6) is 0 Å². The molecule has 0 saturated heterocycles. The first kappa shape index (κ1) is 24.0. The number of carbonyl (C=O) groups is 1. The first-order valence-corrected chi connectivity index (χ1v) is 11.3. The molecule has 0 bridgehead atoms. The lowest BCUT2D eigenvalue weighted by Crippen LogP contribution is -2.36. The molecule has 0 aliphatic carbocycles. The van der Waals surface area contributed by atoms with Gasteiger partial charge in [0.2, 0.25) is 15.9 Å². The van der Waals surface area contributed by atoms with E-state index in [9.17, 15) is 17.6 Å². The van der Waals surface area contributed by atoms with Gasteiger partial charge in [-0.1, -0.05) is 29.8 Å². The van der Waals surface area contributed by atoms with Crippen LogP contribution in [0.25, 0.3) is 0 Å². The van der Waals surface area contributed by atoms with Gasteiger partial charge in [0, 0.05) is 19.5 Å². The van der Waals surface area contributed by atoms with Gasteiger partial charge in [0.1, 0.15) is 5.82 Å². The molecule has 0 aliphatic rings. The van der Waals surface area contributed by atoms with Crippen molar-refractivity contribution in [3.05, 3.63) is 64.5 Å². The number of hydrogen-bond acceptors (Lipinski definition) is 4. The highest BCUT2D eigenvalue weighted by atomic mass is 32.2. The number of nitrogens with one attached hydrogen (secondary N) is 2. The van der Waals surface area contributed by atoms with Crippen molar-refractivity contribution in [1.82, 2.24) is 14.9 Å². The van der Waals surface area contributed by atoms with E-state index in [-0.39, 0.29) is 42.2 Å². The van der Waals surface area contributed by atoms with E-state index in [1.54, 1.807) is 26.0 Å². The molecular formula is C22H30FN3O3S. The summed E-state index contributed by atoms with van der Waals surface area (Å²) in [6.45, 7) is 5.72. The van der Waals surface area contributed by atoms with Crippen molar-refractivity contribution in [3.63, 3.8) is 0 Å². The topological polar surface area (TPSA) is 78.5 Å². The van der Waals surface area contributed by atoms with Gasteiger partial charge in [0.25, 0.3) is 0 Å². The molecule has 0 aromatic heterocycles. The van der Waals surface area contributed by atoms with Gasteiger partial charge in [-0.3, -0.25) is 4.79 Å². The number of carbonyl (C=O) groups excluding carboxylic acids is 1. The summed E-state index contributed by atoms with van der Waals surface area (Å²) < 4.78 is 41.3. The monoisotopic (exact) mass is 435 g/mol. The van der Waals surface area contributed by atoms with Crippen LogP contribution < -0.4 is 10.0 Å². The number of halogens is 1. The normalized spacial score (nSPS) is 12.8. The first-order chi connectivity index (χ1) is 14.0. The van der Waals surface area contributed by atoms with Crippen LogP contribution in [-0.2, 0) is 14.8 Å². The molecule has 164 valence electrons. The minimum Gasteiger partial charge on any atom is -0.354 e. The number of rotatable bonds is 9. The highest BCUT2D eigenvalue weighted by Gasteiger charge is 2.20. The third kappa shape index (κ3) is 6.35. The Morgan fingerprint density at radius 3 is 2.30 bits per heavy atom. The van der Waals surface area contributed by atoms with Gasteiger partial charge in [-0.2, -0.15) is 0 Å². The minimum atomic E-state index is -3.71. The van der Waals surface area contributed by atoms with Crippen LogP contribution in [-0.4, -0.2) is 46.4 Å². The molecule has 2 rings (SSSR count). The van der Waals surface area contributed by atoms with Crippen LogP contribution in [0, 0.1) is 26.6 Å². The van der Waals surface area contributed by atoms with E-state index in [1.807, 2.05) is 38.1 Å². The van der Waals surface area contributed by atoms with Crippen molar-refractivity contribution in [2.24, 2.45) is 0 Å². The maximum absolute atomic E-state index is 13.5. The number of nitrogens with zero attached hydrogens (tertiary/aromatic N) is 1. The Balaban J connectivity index is 1.93. The first-order valence-electron chi connectivity index (χ1n) is 9.77. The van der Waals surface area contributed by atoms with Gasteiger partial charge in [0.05, 0.1) is 10.9 Å². The van der Waals surface area contributed by atoms with Gasteiger partial charge in [0.15, 0.2) is 0 Å². The fourth-order valence-corrected chi connectivity index (χ4v) is 5.05. The second-order valence-electron chi connectivity index (χ2n) is 7.71. The molecule has 0 aliphatic heterocycles. The summed E-state index contributed by atoms with van der Waals surface area (Å²) in [6, 6.07) is 9.70. The Hall–Kier alpha value is -2.29. The maximum Gasteiger partial charge on any atom is 0.241 e. The number of aryl methyl sites for hydroxylation is 3. The van der Waals surface area contributed by atoms with Gasteiger partial charge in [-0.05, 0) is 63.7 Å². The molecule has 1 amide bonds. The van der Waals surface area contributed by atoms with Crippen LogP contribution in [0.4, 0.5) is 4.39 Å². The van der Waals surface area contributed by atoms with Crippen molar-refractivity contribution in [2.45, 2.75) is 38.1 Å². The second-order valence-corrected chi connectivity index (χ2v) is 9.42. The lowest BCUT2D eigenvalue weighted by Gasteiger charge is -2.25. The maximum atomic E-state index is 13.5. The predicted octanol–water partition coefficient (Wildman–Crippen LogP) is 2.84. The van der Waals surface area contributed by atoms with Crippen molar-refractivity contribution >= 4 is 15.9 Å². The zero-order chi connectivity index (χ0) is 22.5. The molecule has 1 atom stereocenters. The molecule has 0 spiro atoms. The van der Waals surface area contributed by atoms with E-state index in [2.05, 4.69) is 10.0 Å². The van der Waals surface area contributed by atoms with Crippen molar-refractivity contribution in [3.8, 4) is 0 Å². The number of sulfonamides is 1. The molecule has 2 N–H and O–H groups in total. The number of hydrogen-bond donors (Lipinski definition) is 2. The minimum absolute atomic E-state index is 0.00643. The van der Waals surface area contributed by atoms with Crippen LogP contribution in [0.15, 0.2) is 41.3 Å². The molecule has 30 heavy (non-hydrogen) atoms. The highest BCUT2D eigenvalue weighted by Crippen LogP contribution is 2.21. The van der Waals surface area contributed by atoms with Crippen LogP contribution in [0.2, 0.25) is 0 Å². The molecule has 0 saturated carbocycles. The smallest absolute Gasteiger partial charge is 0.241 e. The molecule has 0 heterocycles. The Labute approximate surface area is 178 Å². The van der Waals surface area contributed by atoms with Gasteiger partial charge in [-0.25, -0.2) is 17.5 Å². The van der Waals surface area contributed by atoms with Crippen molar-refractivity contribution in [1.29, 1.82) is 0 Å². The fourth-order valence-electron chi connectivity index (χ4n) is 3.57. The van der Waals surface area contributed by atoms with Crippen LogP contribution in [0.3, 0.4) is 0 Å². The largest absolute Gasteiger partial charge is 0.354 e. The summed E-state index contributed by atoms with van der Waals surface area (Å²) in [5, 5.41) is 2.80. The molecule has 2 aromatic rings. The highest BCUT2D eigenvalue weighted by molar-refractivity contribution is 7.89. The van der Waals surface area contributed by atoms with Gasteiger partial charge >= 0.3 is 0 Å². The van der Waals surface area contributed by atoms with Gasteiger partial charge in [-0.15, -0.1) is 0 Å². The number of likely N-dealkylation sites (N-methyl/N-ethyl adjacent to an activating group) is 1. The molecule has 0 fully saturated rings. The van der Waals surface area contributed by atoms with E-state index in [4.69, 9.17) is 0 Å². The quantitative estimate of drug-likeness (QED) is 0.635. The van der Waals surface area contributed by atoms with E-state index in [0.29, 0.717) is 11.1 Å². The third-order valence-corrected chi connectivity index (χ3v) is 6.63. The summed E-state index contributed by atoms with van der Waals surface area (Å²) in [4.78, 5) is 14.4. The SMILES string of the molecule is Cc1cc(C)c(S(=O)(=O)NCCC(=O)NCC(c2cccc(F)c2)N(C)C)c(C)c1. The van der Waals surface area contributed by atoms with Crippen LogP contribution >= 0.6 is 0 Å². The van der Waals surface area contributed by atoms with Crippen molar-refractivity contribution in [2.75, 3.05) is 27.2 Å². The van der Waals surface area contributed by atoms with E-state index in [0.717, 1.165) is 11.1 Å².